The van der Waals surface area contributed by atoms with Gasteiger partial charge >= 0.3 is 0 Å². The largest absolute Gasteiger partial charge is 0.364 e. The lowest BCUT2D eigenvalue weighted by Crippen LogP contribution is -2.13. The number of benzene rings is 2. The molecular weight excluding hydrogens is 378 g/mol. The Morgan fingerprint density at radius 2 is 1.79 bits per heavy atom. The molecule has 0 aliphatic heterocycles. The number of hydrogen-bond acceptors (Lipinski definition) is 4. The van der Waals surface area contributed by atoms with E-state index in [1.54, 1.807) is 12.1 Å². The standard InChI is InChI=1S/C20H14ClN5O2/c21-14-7-3-1-6-12(14)16-9-13(11-5-2-4-8-15(11)23-16)20(28)24-18-10-17(19(22)27)25-26-18/h1-10H,(H2,22,27)(H2,24,25,26,28). The first-order valence-electron chi connectivity index (χ1n) is 8.34. The lowest BCUT2D eigenvalue weighted by Gasteiger charge is -2.10. The van der Waals surface area contributed by atoms with Crippen LogP contribution in [0, 0.1) is 0 Å². The van der Waals surface area contributed by atoms with Gasteiger partial charge < -0.3 is 11.1 Å². The molecule has 28 heavy (non-hydrogen) atoms. The predicted molar refractivity (Wildman–Crippen MR) is 107 cm³/mol. The number of hydrogen-bond donors (Lipinski definition) is 3. The highest BCUT2D eigenvalue weighted by Gasteiger charge is 2.16. The molecule has 2 aromatic carbocycles. The minimum absolute atomic E-state index is 0.103. The van der Waals surface area contributed by atoms with Crippen LogP contribution in [0.2, 0.25) is 5.02 Å². The fourth-order valence-electron chi connectivity index (χ4n) is 2.87. The van der Waals surface area contributed by atoms with Gasteiger partial charge in [0.05, 0.1) is 16.8 Å². The van der Waals surface area contributed by atoms with E-state index < -0.39 is 11.8 Å². The molecule has 4 aromatic rings. The molecule has 8 heteroatoms. The quantitative estimate of drug-likeness (QED) is 0.492. The normalized spacial score (nSPS) is 10.8. The van der Waals surface area contributed by atoms with Crippen LogP contribution >= 0.6 is 11.6 Å². The molecule has 2 amide bonds. The molecule has 0 atom stereocenters. The van der Waals surface area contributed by atoms with E-state index in [9.17, 15) is 9.59 Å². The molecule has 0 saturated heterocycles. The zero-order valence-electron chi connectivity index (χ0n) is 14.4. The second kappa shape index (κ2) is 7.13. The van der Waals surface area contributed by atoms with E-state index in [-0.39, 0.29) is 11.5 Å². The summed E-state index contributed by atoms with van der Waals surface area (Å²) < 4.78 is 0. The van der Waals surface area contributed by atoms with Gasteiger partial charge in [-0.1, -0.05) is 48.0 Å². The molecule has 4 N–H and O–H groups in total. The summed E-state index contributed by atoms with van der Waals surface area (Å²) in [4.78, 5) is 28.8. The number of H-pyrrole nitrogens is 1. The van der Waals surface area contributed by atoms with E-state index in [0.29, 0.717) is 27.2 Å². The minimum atomic E-state index is -0.664. The minimum Gasteiger partial charge on any atom is -0.364 e. The Hall–Kier alpha value is -3.71. The molecule has 138 valence electrons. The highest BCUT2D eigenvalue weighted by molar-refractivity contribution is 6.33. The monoisotopic (exact) mass is 391 g/mol. The molecule has 0 aliphatic rings. The summed E-state index contributed by atoms with van der Waals surface area (Å²) in [6.07, 6.45) is 0. The molecule has 0 unspecified atom stereocenters. The van der Waals surface area contributed by atoms with Gasteiger partial charge in [-0.2, -0.15) is 5.10 Å². The highest BCUT2D eigenvalue weighted by atomic mass is 35.5. The number of nitrogens with zero attached hydrogens (tertiary/aromatic N) is 2. The Morgan fingerprint density at radius 1 is 1.04 bits per heavy atom. The summed E-state index contributed by atoms with van der Waals surface area (Å²) in [6, 6.07) is 17.7. The highest BCUT2D eigenvalue weighted by Crippen LogP contribution is 2.30. The molecular formula is C20H14ClN5O2. The van der Waals surface area contributed by atoms with Gasteiger partial charge in [-0.15, -0.1) is 0 Å². The summed E-state index contributed by atoms with van der Waals surface area (Å²) in [5.74, 6) is -0.864. The van der Waals surface area contributed by atoms with E-state index in [0.717, 1.165) is 5.56 Å². The third kappa shape index (κ3) is 3.30. The predicted octanol–water partition coefficient (Wildman–Crippen LogP) is 3.63. The number of nitrogens with one attached hydrogen (secondary N) is 2. The number of nitrogens with two attached hydrogens (primary N) is 1. The van der Waals surface area contributed by atoms with Crippen LogP contribution in [0.1, 0.15) is 20.8 Å². The van der Waals surface area contributed by atoms with Crippen LogP contribution in [0.25, 0.3) is 22.2 Å². The molecule has 0 spiro atoms. The molecule has 0 fully saturated rings. The Kier molecular flexibility index (Phi) is 4.50. The third-order valence-corrected chi connectivity index (χ3v) is 4.53. The Bertz CT molecular complexity index is 1220. The summed E-state index contributed by atoms with van der Waals surface area (Å²) in [7, 11) is 0. The number of para-hydroxylation sites is 1. The van der Waals surface area contributed by atoms with Gasteiger partial charge in [-0.25, -0.2) is 4.98 Å². The van der Waals surface area contributed by atoms with E-state index in [1.807, 2.05) is 42.5 Å². The van der Waals surface area contributed by atoms with Crippen molar-refractivity contribution in [2.24, 2.45) is 5.73 Å². The topological polar surface area (TPSA) is 114 Å². The Morgan fingerprint density at radius 3 is 2.54 bits per heavy atom. The number of aromatic nitrogens is 3. The number of carbonyl (C=O) groups is 2. The smallest absolute Gasteiger partial charge is 0.266 e. The van der Waals surface area contributed by atoms with Crippen LogP contribution in [0.4, 0.5) is 5.82 Å². The number of rotatable bonds is 4. The van der Waals surface area contributed by atoms with E-state index in [4.69, 9.17) is 17.3 Å². The van der Waals surface area contributed by atoms with Crippen LogP contribution in [0.5, 0.6) is 0 Å². The number of carbonyl (C=O) groups excluding carboxylic acids is 2. The molecule has 2 aromatic heterocycles. The van der Waals surface area contributed by atoms with Gasteiger partial charge in [0.2, 0.25) is 0 Å². The number of pyridine rings is 1. The maximum Gasteiger partial charge on any atom is 0.266 e. The van der Waals surface area contributed by atoms with Gasteiger partial charge in [0, 0.05) is 22.0 Å². The van der Waals surface area contributed by atoms with Crippen LogP contribution in [0.3, 0.4) is 0 Å². The van der Waals surface area contributed by atoms with Crippen molar-refractivity contribution in [1.29, 1.82) is 0 Å². The van der Waals surface area contributed by atoms with E-state index in [1.165, 1.54) is 6.07 Å². The van der Waals surface area contributed by atoms with Crippen LogP contribution < -0.4 is 11.1 Å². The van der Waals surface area contributed by atoms with Crippen molar-refractivity contribution >= 4 is 40.1 Å². The molecule has 0 radical (unpaired) electrons. The number of amides is 2. The van der Waals surface area contributed by atoms with Crippen LogP contribution in [-0.4, -0.2) is 27.0 Å². The van der Waals surface area contributed by atoms with E-state index >= 15 is 0 Å². The number of fused-ring (bicyclic) bond motifs is 1. The second-order valence-corrected chi connectivity index (χ2v) is 6.44. The molecule has 4 rings (SSSR count). The van der Waals surface area contributed by atoms with Crippen molar-refractivity contribution in [2.45, 2.75) is 0 Å². The first-order valence-corrected chi connectivity index (χ1v) is 8.72. The van der Waals surface area contributed by atoms with Crippen molar-refractivity contribution in [3.8, 4) is 11.3 Å². The van der Waals surface area contributed by atoms with Gasteiger partial charge in [0.15, 0.2) is 5.82 Å². The first kappa shape index (κ1) is 17.7. The molecule has 2 heterocycles. The van der Waals surface area contributed by atoms with E-state index in [2.05, 4.69) is 20.5 Å². The third-order valence-electron chi connectivity index (χ3n) is 4.20. The van der Waals surface area contributed by atoms with Crippen molar-refractivity contribution in [3.05, 3.63) is 76.9 Å². The Balaban J connectivity index is 1.79. The van der Waals surface area contributed by atoms with Crippen molar-refractivity contribution in [1.82, 2.24) is 15.2 Å². The number of aromatic amines is 1. The summed E-state index contributed by atoms with van der Waals surface area (Å²) in [6.45, 7) is 0. The van der Waals surface area contributed by atoms with Gasteiger partial charge in [-0.3, -0.25) is 14.7 Å². The summed E-state index contributed by atoms with van der Waals surface area (Å²) in [5, 5.41) is 10.2. The maximum atomic E-state index is 12.9. The lowest BCUT2D eigenvalue weighted by atomic mass is 10.0. The maximum absolute atomic E-state index is 12.9. The fraction of sp³-hybridized carbons (Fsp3) is 0. The number of anilines is 1. The van der Waals surface area contributed by atoms with Crippen molar-refractivity contribution in [3.63, 3.8) is 0 Å². The molecule has 0 saturated carbocycles. The van der Waals surface area contributed by atoms with Gasteiger partial charge in [-0.05, 0) is 18.2 Å². The van der Waals surface area contributed by atoms with Gasteiger partial charge in [0.25, 0.3) is 11.8 Å². The summed E-state index contributed by atoms with van der Waals surface area (Å²) >= 11 is 6.31. The van der Waals surface area contributed by atoms with Crippen molar-refractivity contribution < 1.29 is 9.59 Å². The second-order valence-electron chi connectivity index (χ2n) is 6.04. The number of halogens is 1. The molecule has 0 bridgehead atoms. The number of primary amides is 1. The van der Waals surface area contributed by atoms with Crippen molar-refractivity contribution in [2.75, 3.05) is 5.32 Å². The van der Waals surface area contributed by atoms with Crippen LogP contribution in [0.15, 0.2) is 60.7 Å². The Labute approximate surface area is 164 Å². The average Bonchev–Trinajstić information content (AvgIpc) is 3.16. The molecule has 7 nitrogen and oxygen atoms in total. The van der Waals surface area contributed by atoms with Gasteiger partial charge in [0.1, 0.15) is 5.69 Å². The van der Waals surface area contributed by atoms with Crippen LogP contribution in [-0.2, 0) is 0 Å². The fourth-order valence-corrected chi connectivity index (χ4v) is 3.10. The first-order chi connectivity index (χ1) is 13.5. The average molecular weight is 392 g/mol. The molecule has 0 aliphatic carbocycles. The zero-order valence-corrected chi connectivity index (χ0v) is 15.2. The SMILES string of the molecule is NC(=O)c1cc(NC(=O)c2cc(-c3ccccc3Cl)nc3ccccc23)n[nH]1. The lowest BCUT2D eigenvalue weighted by molar-refractivity contribution is 0.0993. The zero-order chi connectivity index (χ0) is 19.7. The summed E-state index contributed by atoms with van der Waals surface area (Å²) in [5.41, 5.74) is 7.67.